The highest BCUT2D eigenvalue weighted by Gasteiger charge is 2.23. The zero-order valence-corrected chi connectivity index (χ0v) is 9.59. The third-order valence-electron chi connectivity index (χ3n) is 2.54. The summed E-state index contributed by atoms with van der Waals surface area (Å²) in [6.07, 6.45) is 1.06. The standard InChI is InChI=1S/C10H18ClNO2/c1-3-12(10(13)8(2)11)6-9-4-5-14-7-9/h8-9H,3-7H2,1-2H3. The lowest BCUT2D eigenvalue weighted by Crippen LogP contribution is -2.39. The quantitative estimate of drug-likeness (QED) is 0.671. The van der Waals surface area contributed by atoms with E-state index in [0.29, 0.717) is 5.92 Å². The number of ether oxygens (including phenoxy) is 1. The van der Waals surface area contributed by atoms with Crippen LogP contribution in [0, 0.1) is 5.92 Å². The van der Waals surface area contributed by atoms with E-state index in [-0.39, 0.29) is 5.91 Å². The smallest absolute Gasteiger partial charge is 0.240 e. The number of halogens is 1. The molecule has 4 heteroatoms. The average Bonchev–Trinajstić information content (AvgIpc) is 2.65. The lowest BCUT2D eigenvalue weighted by molar-refractivity contribution is -0.130. The molecule has 1 rings (SSSR count). The molecule has 0 N–H and O–H groups in total. The maximum Gasteiger partial charge on any atom is 0.240 e. The highest BCUT2D eigenvalue weighted by molar-refractivity contribution is 6.30. The minimum atomic E-state index is -0.419. The van der Waals surface area contributed by atoms with Gasteiger partial charge in [-0.05, 0) is 20.3 Å². The van der Waals surface area contributed by atoms with E-state index in [4.69, 9.17) is 16.3 Å². The van der Waals surface area contributed by atoms with Crippen LogP contribution in [0.5, 0.6) is 0 Å². The highest BCUT2D eigenvalue weighted by Crippen LogP contribution is 2.15. The fourth-order valence-electron chi connectivity index (χ4n) is 1.67. The van der Waals surface area contributed by atoms with E-state index in [9.17, 15) is 4.79 Å². The Morgan fingerprint density at radius 2 is 2.43 bits per heavy atom. The van der Waals surface area contributed by atoms with Gasteiger partial charge in [-0.25, -0.2) is 0 Å². The monoisotopic (exact) mass is 219 g/mol. The molecule has 0 aliphatic carbocycles. The number of carbonyl (C=O) groups excluding carboxylic acids is 1. The molecule has 0 spiro atoms. The average molecular weight is 220 g/mol. The molecule has 0 saturated carbocycles. The number of hydrogen-bond donors (Lipinski definition) is 0. The molecule has 82 valence electrons. The van der Waals surface area contributed by atoms with Crippen molar-refractivity contribution in [2.24, 2.45) is 5.92 Å². The first-order chi connectivity index (χ1) is 6.65. The molecular weight excluding hydrogens is 202 g/mol. The van der Waals surface area contributed by atoms with Gasteiger partial charge in [-0.2, -0.15) is 0 Å². The largest absolute Gasteiger partial charge is 0.381 e. The topological polar surface area (TPSA) is 29.5 Å². The van der Waals surface area contributed by atoms with Crippen molar-refractivity contribution < 1.29 is 9.53 Å². The Kier molecular flexibility index (Phi) is 4.69. The number of rotatable bonds is 4. The zero-order chi connectivity index (χ0) is 10.6. The van der Waals surface area contributed by atoms with Gasteiger partial charge in [0.25, 0.3) is 0 Å². The van der Waals surface area contributed by atoms with Crippen LogP contribution in [0.25, 0.3) is 0 Å². The van der Waals surface area contributed by atoms with Gasteiger partial charge >= 0.3 is 0 Å². The number of alkyl halides is 1. The lowest BCUT2D eigenvalue weighted by atomic mass is 10.1. The zero-order valence-electron chi connectivity index (χ0n) is 8.83. The molecule has 1 aliphatic rings. The second-order valence-electron chi connectivity index (χ2n) is 3.72. The fraction of sp³-hybridized carbons (Fsp3) is 0.900. The van der Waals surface area contributed by atoms with Crippen molar-refractivity contribution in [2.75, 3.05) is 26.3 Å². The van der Waals surface area contributed by atoms with Gasteiger partial charge in [0.2, 0.25) is 5.91 Å². The highest BCUT2D eigenvalue weighted by atomic mass is 35.5. The summed E-state index contributed by atoms with van der Waals surface area (Å²) >= 11 is 5.76. The van der Waals surface area contributed by atoms with E-state index >= 15 is 0 Å². The summed E-state index contributed by atoms with van der Waals surface area (Å²) in [7, 11) is 0. The molecule has 2 unspecified atom stereocenters. The molecule has 0 aromatic carbocycles. The molecule has 0 aromatic rings. The minimum Gasteiger partial charge on any atom is -0.381 e. The van der Waals surface area contributed by atoms with E-state index in [1.807, 2.05) is 11.8 Å². The Morgan fingerprint density at radius 3 is 2.86 bits per heavy atom. The first kappa shape index (κ1) is 11.8. The second-order valence-corrected chi connectivity index (χ2v) is 4.38. The molecular formula is C10H18ClNO2. The fourth-order valence-corrected chi connectivity index (χ4v) is 1.80. The normalized spacial score (nSPS) is 23.5. The Hall–Kier alpha value is -0.280. The summed E-state index contributed by atoms with van der Waals surface area (Å²) in [5, 5.41) is -0.419. The van der Waals surface area contributed by atoms with Crippen LogP contribution in [0.3, 0.4) is 0 Å². The summed E-state index contributed by atoms with van der Waals surface area (Å²) in [5.41, 5.74) is 0. The molecule has 0 bridgehead atoms. The van der Waals surface area contributed by atoms with Crippen molar-refractivity contribution >= 4 is 17.5 Å². The van der Waals surface area contributed by atoms with E-state index in [1.54, 1.807) is 6.92 Å². The van der Waals surface area contributed by atoms with Crippen molar-refractivity contribution in [1.82, 2.24) is 4.90 Å². The maximum absolute atomic E-state index is 11.6. The van der Waals surface area contributed by atoms with Crippen LogP contribution >= 0.6 is 11.6 Å². The Balaban J connectivity index is 2.41. The molecule has 14 heavy (non-hydrogen) atoms. The summed E-state index contributed by atoms with van der Waals surface area (Å²) in [6, 6.07) is 0. The van der Waals surface area contributed by atoms with Gasteiger partial charge in [0, 0.05) is 25.6 Å². The van der Waals surface area contributed by atoms with E-state index < -0.39 is 5.38 Å². The van der Waals surface area contributed by atoms with E-state index in [0.717, 1.165) is 32.7 Å². The SMILES string of the molecule is CCN(CC1CCOC1)C(=O)C(C)Cl. The first-order valence-corrected chi connectivity index (χ1v) is 5.59. The second kappa shape index (κ2) is 5.56. The van der Waals surface area contributed by atoms with E-state index in [1.165, 1.54) is 0 Å². The molecule has 1 aliphatic heterocycles. The van der Waals surface area contributed by atoms with Crippen LogP contribution in [-0.4, -0.2) is 42.5 Å². The molecule has 1 heterocycles. The third-order valence-corrected chi connectivity index (χ3v) is 2.72. The van der Waals surface area contributed by atoms with Gasteiger partial charge in [-0.3, -0.25) is 4.79 Å². The van der Waals surface area contributed by atoms with Gasteiger partial charge in [0.15, 0.2) is 0 Å². The van der Waals surface area contributed by atoms with Crippen molar-refractivity contribution in [3.8, 4) is 0 Å². The molecule has 1 amide bonds. The van der Waals surface area contributed by atoms with Crippen molar-refractivity contribution in [3.05, 3.63) is 0 Å². The van der Waals surface area contributed by atoms with E-state index in [2.05, 4.69) is 0 Å². The van der Waals surface area contributed by atoms with Crippen LogP contribution in [0.1, 0.15) is 20.3 Å². The predicted octanol–water partition coefficient (Wildman–Crippen LogP) is 1.50. The van der Waals surface area contributed by atoms with Crippen LogP contribution in [-0.2, 0) is 9.53 Å². The number of nitrogens with zero attached hydrogens (tertiary/aromatic N) is 1. The Labute approximate surface area is 90.4 Å². The van der Waals surface area contributed by atoms with Crippen molar-refractivity contribution in [2.45, 2.75) is 25.6 Å². The van der Waals surface area contributed by atoms with Gasteiger partial charge < -0.3 is 9.64 Å². The molecule has 1 fully saturated rings. The van der Waals surface area contributed by atoms with Crippen LogP contribution in [0.15, 0.2) is 0 Å². The summed E-state index contributed by atoms with van der Waals surface area (Å²) in [6.45, 7) is 6.82. The number of carbonyl (C=O) groups is 1. The lowest BCUT2D eigenvalue weighted by Gasteiger charge is -2.24. The number of amides is 1. The maximum atomic E-state index is 11.6. The van der Waals surface area contributed by atoms with Gasteiger partial charge in [-0.1, -0.05) is 0 Å². The van der Waals surface area contributed by atoms with Crippen molar-refractivity contribution in [3.63, 3.8) is 0 Å². The van der Waals surface area contributed by atoms with Gasteiger partial charge in [-0.15, -0.1) is 11.6 Å². The first-order valence-electron chi connectivity index (χ1n) is 5.15. The van der Waals surface area contributed by atoms with Crippen LogP contribution < -0.4 is 0 Å². The molecule has 0 aromatic heterocycles. The van der Waals surface area contributed by atoms with Crippen molar-refractivity contribution in [1.29, 1.82) is 0 Å². The Bertz CT molecular complexity index is 191. The molecule has 0 radical (unpaired) electrons. The summed E-state index contributed by atoms with van der Waals surface area (Å²) < 4.78 is 5.27. The van der Waals surface area contributed by atoms with Crippen LogP contribution in [0.4, 0.5) is 0 Å². The van der Waals surface area contributed by atoms with Crippen LogP contribution in [0.2, 0.25) is 0 Å². The Morgan fingerprint density at radius 1 is 1.71 bits per heavy atom. The molecule has 2 atom stereocenters. The summed E-state index contributed by atoms with van der Waals surface area (Å²) in [4.78, 5) is 13.4. The number of hydrogen-bond acceptors (Lipinski definition) is 2. The molecule has 3 nitrogen and oxygen atoms in total. The summed E-state index contributed by atoms with van der Waals surface area (Å²) in [5.74, 6) is 0.524. The van der Waals surface area contributed by atoms with Gasteiger partial charge in [0.1, 0.15) is 5.38 Å². The third kappa shape index (κ3) is 3.14. The van der Waals surface area contributed by atoms with Gasteiger partial charge in [0.05, 0.1) is 6.61 Å². The minimum absolute atomic E-state index is 0.0288. The predicted molar refractivity (Wildman–Crippen MR) is 56.5 cm³/mol. The molecule has 1 saturated heterocycles.